The number of nitrogens with zero attached hydrogens (tertiary/aromatic N) is 1. The van der Waals surface area contributed by atoms with Crippen molar-refractivity contribution in [1.29, 1.82) is 0 Å². The van der Waals surface area contributed by atoms with Crippen molar-refractivity contribution in [3.63, 3.8) is 0 Å². The molecule has 0 aromatic carbocycles. The van der Waals surface area contributed by atoms with Crippen molar-refractivity contribution < 1.29 is 9.53 Å². The summed E-state index contributed by atoms with van der Waals surface area (Å²) in [5.74, 6) is 0.294. The SMILES string of the molecule is COCCn1cc2c(c1)C(=O)CCC2. The van der Waals surface area contributed by atoms with E-state index < -0.39 is 0 Å². The summed E-state index contributed by atoms with van der Waals surface area (Å²) in [6.07, 6.45) is 6.78. The maximum atomic E-state index is 11.5. The highest BCUT2D eigenvalue weighted by molar-refractivity contribution is 5.98. The Hall–Kier alpha value is -1.09. The highest BCUT2D eigenvalue weighted by Gasteiger charge is 2.18. The highest BCUT2D eigenvalue weighted by atomic mass is 16.5. The quantitative estimate of drug-likeness (QED) is 0.731. The third-order valence-corrected chi connectivity index (χ3v) is 2.67. The zero-order chi connectivity index (χ0) is 9.97. The van der Waals surface area contributed by atoms with Gasteiger partial charge in [-0.2, -0.15) is 0 Å². The Labute approximate surface area is 83.7 Å². The number of Topliss-reactive ketones (excluding diaryl/α,β-unsaturated/α-hetero) is 1. The van der Waals surface area contributed by atoms with Crippen molar-refractivity contribution in [2.45, 2.75) is 25.8 Å². The second-order valence-electron chi connectivity index (χ2n) is 3.70. The van der Waals surface area contributed by atoms with Crippen LogP contribution in [0, 0.1) is 0 Å². The molecule has 0 bridgehead atoms. The maximum Gasteiger partial charge on any atom is 0.164 e. The second-order valence-corrected chi connectivity index (χ2v) is 3.70. The maximum absolute atomic E-state index is 11.5. The summed E-state index contributed by atoms with van der Waals surface area (Å²) in [4.78, 5) is 11.5. The first-order valence-corrected chi connectivity index (χ1v) is 5.02. The van der Waals surface area contributed by atoms with Gasteiger partial charge in [0.15, 0.2) is 5.78 Å². The van der Waals surface area contributed by atoms with Gasteiger partial charge in [0.2, 0.25) is 0 Å². The fourth-order valence-corrected chi connectivity index (χ4v) is 1.91. The van der Waals surface area contributed by atoms with E-state index in [1.807, 2.05) is 6.20 Å². The van der Waals surface area contributed by atoms with Crippen LogP contribution in [0.5, 0.6) is 0 Å². The van der Waals surface area contributed by atoms with Gasteiger partial charge >= 0.3 is 0 Å². The molecule has 0 fully saturated rings. The van der Waals surface area contributed by atoms with E-state index in [-0.39, 0.29) is 0 Å². The molecule has 0 amide bonds. The molecule has 1 aliphatic carbocycles. The smallest absolute Gasteiger partial charge is 0.164 e. The van der Waals surface area contributed by atoms with Gasteiger partial charge in [0, 0.05) is 38.0 Å². The Morgan fingerprint density at radius 2 is 2.29 bits per heavy atom. The van der Waals surface area contributed by atoms with E-state index in [2.05, 4.69) is 10.8 Å². The molecule has 0 spiro atoms. The zero-order valence-electron chi connectivity index (χ0n) is 8.45. The first-order chi connectivity index (χ1) is 6.81. The Balaban J connectivity index is 2.17. The van der Waals surface area contributed by atoms with Crippen LogP contribution in [-0.2, 0) is 17.7 Å². The van der Waals surface area contributed by atoms with Crippen LogP contribution in [0.4, 0.5) is 0 Å². The van der Waals surface area contributed by atoms with E-state index in [4.69, 9.17) is 4.74 Å². The number of carbonyl (C=O) groups excluding carboxylic acids is 1. The van der Waals surface area contributed by atoms with Crippen molar-refractivity contribution in [1.82, 2.24) is 4.57 Å². The highest BCUT2D eigenvalue weighted by Crippen LogP contribution is 2.21. The average Bonchev–Trinajstić information content (AvgIpc) is 2.59. The van der Waals surface area contributed by atoms with Gasteiger partial charge in [-0.1, -0.05) is 0 Å². The summed E-state index contributed by atoms with van der Waals surface area (Å²) in [6, 6.07) is 0. The summed E-state index contributed by atoms with van der Waals surface area (Å²) in [5.41, 5.74) is 2.13. The standard InChI is InChI=1S/C11H15NO2/c1-14-6-5-12-7-9-3-2-4-11(13)10(9)8-12/h7-8H,2-6H2,1H3. The lowest BCUT2D eigenvalue weighted by Crippen LogP contribution is -2.07. The van der Waals surface area contributed by atoms with Gasteiger partial charge in [0.1, 0.15) is 0 Å². The fourth-order valence-electron chi connectivity index (χ4n) is 1.91. The van der Waals surface area contributed by atoms with Gasteiger partial charge in [-0.15, -0.1) is 0 Å². The van der Waals surface area contributed by atoms with Crippen LogP contribution >= 0.6 is 0 Å². The van der Waals surface area contributed by atoms with Crippen LogP contribution in [0.25, 0.3) is 0 Å². The lowest BCUT2D eigenvalue weighted by molar-refractivity contribution is 0.0972. The topological polar surface area (TPSA) is 31.2 Å². The van der Waals surface area contributed by atoms with Gasteiger partial charge in [-0.25, -0.2) is 0 Å². The molecule has 0 N–H and O–H groups in total. The van der Waals surface area contributed by atoms with Crippen LogP contribution in [0.1, 0.15) is 28.8 Å². The van der Waals surface area contributed by atoms with Crippen molar-refractivity contribution in [3.8, 4) is 0 Å². The third kappa shape index (κ3) is 1.73. The minimum atomic E-state index is 0.294. The van der Waals surface area contributed by atoms with Crippen LogP contribution < -0.4 is 0 Å². The summed E-state index contributed by atoms with van der Waals surface area (Å²) in [5, 5.41) is 0. The van der Waals surface area contributed by atoms with Crippen LogP contribution in [0.15, 0.2) is 12.4 Å². The largest absolute Gasteiger partial charge is 0.383 e. The molecule has 1 aromatic heterocycles. The summed E-state index contributed by atoms with van der Waals surface area (Å²) < 4.78 is 7.05. The van der Waals surface area contributed by atoms with Crippen molar-refractivity contribution >= 4 is 5.78 Å². The molecule has 0 atom stereocenters. The lowest BCUT2D eigenvalue weighted by atomic mass is 9.95. The molecule has 0 unspecified atom stereocenters. The Kier molecular flexibility index (Phi) is 2.68. The predicted molar refractivity (Wildman–Crippen MR) is 53.6 cm³/mol. The number of carbonyl (C=O) groups is 1. The molecule has 76 valence electrons. The van der Waals surface area contributed by atoms with Crippen LogP contribution in [-0.4, -0.2) is 24.1 Å². The molecule has 1 aromatic rings. The van der Waals surface area contributed by atoms with E-state index in [1.165, 1.54) is 5.56 Å². The zero-order valence-corrected chi connectivity index (χ0v) is 8.45. The molecule has 0 saturated carbocycles. The summed E-state index contributed by atoms with van der Waals surface area (Å²) in [6.45, 7) is 1.53. The number of aryl methyl sites for hydroxylation is 1. The third-order valence-electron chi connectivity index (χ3n) is 2.67. The van der Waals surface area contributed by atoms with Crippen molar-refractivity contribution in [2.75, 3.05) is 13.7 Å². The van der Waals surface area contributed by atoms with E-state index in [0.717, 1.165) is 24.9 Å². The lowest BCUT2D eigenvalue weighted by Gasteiger charge is -2.07. The van der Waals surface area contributed by atoms with E-state index in [0.29, 0.717) is 18.8 Å². The molecular formula is C11H15NO2. The van der Waals surface area contributed by atoms with Gasteiger partial charge in [-0.05, 0) is 18.4 Å². The number of ether oxygens (including phenoxy) is 1. The van der Waals surface area contributed by atoms with Crippen LogP contribution in [0.2, 0.25) is 0 Å². The number of hydrogen-bond acceptors (Lipinski definition) is 2. The van der Waals surface area contributed by atoms with E-state index in [9.17, 15) is 4.79 Å². The van der Waals surface area contributed by atoms with Gasteiger partial charge in [0.05, 0.1) is 6.61 Å². The number of hydrogen-bond donors (Lipinski definition) is 0. The summed E-state index contributed by atoms with van der Waals surface area (Å²) in [7, 11) is 1.69. The van der Waals surface area contributed by atoms with Crippen molar-refractivity contribution in [2.24, 2.45) is 0 Å². The Morgan fingerprint density at radius 1 is 1.43 bits per heavy atom. The van der Waals surface area contributed by atoms with E-state index >= 15 is 0 Å². The summed E-state index contributed by atoms with van der Waals surface area (Å²) >= 11 is 0. The first kappa shape index (κ1) is 9.46. The van der Waals surface area contributed by atoms with Gasteiger partial charge in [0.25, 0.3) is 0 Å². The molecule has 0 aliphatic heterocycles. The Bertz CT molecular complexity index is 341. The van der Waals surface area contributed by atoms with E-state index in [1.54, 1.807) is 7.11 Å². The monoisotopic (exact) mass is 193 g/mol. The molecule has 3 nitrogen and oxygen atoms in total. The molecular weight excluding hydrogens is 178 g/mol. The molecule has 14 heavy (non-hydrogen) atoms. The minimum Gasteiger partial charge on any atom is -0.383 e. The number of fused-ring (bicyclic) bond motifs is 1. The van der Waals surface area contributed by atoms with Gasteiger partial charge < -0.3 is 9.30 Å². The molecule has 1 aliphatic rings. The Morgan fingerprint density at radius 3 is 3.00 bits per heavy atom. The molecule has 2 rings (SSSR count). The first-order valence-electron chi connectivity index (χ1n) is 5.02. The molecule has 1 heterocycles. The van der Waals surface area contributed by atoms with Crippen molar-refractivity contribution in [3.05, 3.63) is 23.5 Å². The normalized spacial score (nSPS) is 15.6. The number of rotatable bonds is 3. The fraction of sp³-hybridized carbons (Fsp3) is 0.545. The molecule has 0 saturated heterocycles. The molecule has 3 heteroatoms. The number of aromatic nitrogens is 1. The minimum absolute atomic E-state index is 0.294. The van der Waals surface area contributed by atoms with Crippen LogP contribution in [0.3, 0.4) is 0 Å². The number of methoxy groups -OCH3 is 1. The average molecular weight is 193 g/mol. The predicted octanol–water partition coefficient (Wildman–Crippen LogP) is 1.65. The number of ketones is 1. The molecule has 0 radical (unpaired) electrons. The van der Waals surface area contributed by atoms with Gasteiger partial charge in [-0.3, -0.25) is 4.79 Å². The second kappa shape index (κ2) is 3.96.